The van der Waals surface area contributed by atoms with E-state index in [1.54, 1.807) is 23.0 Å². The molecule has 4 aromatic heterocycles. The summed E-state index contributed by atoms with van der Waals surface area (Å²) in [6.45, 7) is 25.5. The van der Waals surface area contributed by atoms with Gasteiger partial charge in [0.2, 0.25) is 24.0 Å². The molecule has 0 fully saturated rings. The van der Waals surface area contributed by atoms with Gasteiger partial charge in [-0.05, 0) is 69.1 Å². The van der Waals surface area contributed by atoms with Crippen molar-refractivity contribution in [1.29, 1.82) is 0 Å². The van der Waals surface area contributed by atoms with E-state index in [2.05, 4.69) is 92.7 Å². The number of pyridine rings is 1. The highest BCUT2D eigenvalue weighted by Gasteiger charge is 2.45. The Bertz CT molecular complexity index is 1690. The average Bonchev–Trinajstić information content (AvgIpc) is 3.49. The first-order valence-corrected chi connectivity index (χ1v) is 20.7. The lowest BCUT2D eigenvalue weighted by atomic mass is 9.76. The zero-order valence-corrected chi connectivity index (χ0v) is 31.8. The van der Waals surface area contributed by atoms with E-state index in [1.165, 1.54) is 12.5 Å². The molecule has 0 saturated heterocycles. The van der Waals surface area contributed by atoms with Crippen LogP contribution in [0.3, 0.4) is 0 Å². The average molecular weight is 676 g/mol. The summed E-state index contributed by atoms with van der Waals surface area (Å²) in [4.78, 5) is 40.5. The number of hydrogen-bond donors (Lipinski definition) is 1. The number of ketones is 1. The Morgan fingerprint density at radius 1 is 0.936 bits per heavy atom. The predicted octanol–water partition coefficient (Wildman–Crippen LogP) is 6.42. The molecule has 11 nitrogen and oxygen atoms in total. The fraction of sp³-hybridized carbons (Fsp3) is 0.529. The van der Waals surface area contributed by atoms with E-state index in [-0.39, 0.29) is 53.1 Å². The minimum Gasteiger partial charge on any atom is -0.412 e. The first-order valence-electron chi connectivity index (χ1n) is 15.9. The number of amides is 1. The van der Waals surface area contributed by atoms with Crippen molar-refractivity contribution in [2.45, 2.75) is 106 Å². The number of carbonyl (C=O) groups is 2. The zero-order chi connectivity index (χ0) is 34.8. The van der Waals surface area contributed by atoms with Crippen LogP contribution in [-0.2, 0) is 20.2 Å². The molecule has 13 heteroatoms. The second kappa shape index (κ2) is 14.3. The molecule has 4 aromatic rings. The van der Waals surface area contributed by atoms with Crippen LogP contribution in [0.25, 0.3) is 11.0 Å². The number of carbonyl (C=O) groups excluding carboxylic acids is 2. The lowest BCUT2D eigenvalue weighted by Gasteiger charge is -2.47. The van der Waals surface area contributed by atoms with E-state index in [4.69, 9.17) is 13.8 Å². The molecular formula is C34H49N7O4Si2. The second-order valence-electron chi connectivity index (χ2n) is 14.7. The highest BCUT2D eigenvalue weighted by atomic mass is 28.3. The van der Waals surface area contributed by atoms with Crippen molar-refractivity contribution < 1.29 is 18.4 Å². The van der Waals surface area contributed by atoms with Crippen LogP contribution in [0.2, 0.25) is 26.2 Å². The molecule has 47 heavy (non-hydrogen) atoms. The van der Waals surface area contributed by atoms with Crippen LogP contribution in [0.15, 0.2) is 43.1 Å². The number of aryl methyl sites for hydroxylation is 2. The normalized spacial score (nSPS) is 14.5. The Hall–Kier alpha value is -3.53. The van der Waals surface area contributed by atoms with Gasteiger partial charge in [0.25, 0.3) is 0 Å². The summed E-state index contributed by atoms with van der Waals surface area (Å²) in [7, 11) is -2.24. The predicted molar refractivity (Wildman–Crippen MR) is 188 cm³/mol. The minimum absolute atomic E-state index is 0.0384. The Kier molecular flexibility index (Phi) is 11.0. The fourth-order valence-corrected chi connectivity index (χ4v) is 7.82. The molecule has 2 atom stereocenters. The molecule has 1 amide bonds. The van der Waals surface area contributed by atoms with Crippen molar-refractivity contribution in [2.75, 3.05) is 5.32 Å². The summed E-state index contributed by atoms with van der Waals surface area (Å²) in [5, 5.41) is 7.81. The third-order valence-corrected chi connectivity index (χ3v) is 9.25. The first kappa shape index (κ1) is 36.3. The molecular weight excluding hydrogens is 627 g/mol. The quantitative estimate of drug-likeness (QED) is 0.135. The van der Waals surface area contributed by atoms with Crippen LogP contribution >= 0.6 is 0 Å². The monoisotopic (exact) mass is 675 g/mol. The topological polar surface area (TPSA) is 126 Å². The molecule has 4 rings (SSSR count). The number of hydrogen-bond acceptors (Lipinski definition) is 8. The lowest BCUT2D eigenvalue weighted by molar-refractivity contribution is -0.117. The molecule has 0 aliphatic heterocycles. The maximum Gasteiger partial charge on any atom is 0.247 e. The maximum absolute atomic E-state index is 14.3. The Balaban J connectivity index is 1.80. The Morgan fingerprint density at radius 3 is 2.09 bits per heavy atom. The SMILES string of the molecule is Cc1cc(C)n(CC(=O)Nc2cc(C(=O)c3cn(C(C(O[Si](C)C)C(C)(C)C)C(O[Si](C)C)C(C)(C)C)c4ncncc34)ccn2)n1. The third kappa shape index (κ3) is 8.69. The van der Waals surface area contributed by atoms with Crippen LogP contribution in [0.4, 0.5) is 5.82 Å². The van der Waals surface area contributed by atoms with Crippen LogP contribution in [0.1, 0.15) is 74.9 Å². The standard InChI is InChI=1S/C34H49N7O4Si2/c1-21-15-22(2)41(39-21)19-27(42)38-26-16-23(13-14-36-26)29(43)25-18-40(32-24(25)17-35-20-37-32)28(30(33(3,4)5)44-46(9)10)31(34(6,7)8)45-47(11)12/h13-18,20,28,30-31H,19H2,1-12H3,(H,36,38,42). The minimum atomic E-state index is -1.12. The van der Waals surface area contributed by atoms with Gasteiger partial charge in [-0.15, -0.1) is 0 Å². The van der Waals surface area contributed by atoms with Crippen molar-refractivity contribution in [1.82, 2.24) is 29.3 Å². The summed E-state index contributed by atoms with van der Waals surface area (Å²) in [5.74, 6) is -0.237. The van der Waals surface area contributed by atoms with Crippen LogP contribution in [-0.4, -0.2) is 71.3 Å². The van der Waals surface area contributed by atoms with E-state index >= 15 is 0 Å². The molecule has 4 heterocycles. The van der Waals surface area contributed by atoms with Crippen molar-refractivity contribution >= 4 is 46.6 Å². The van der Waals surface area contributed by atoms with Crippen molar-refractivity contribution in [3.05, 3.63) is 65.6 Å². The number of fused-ring (bicyclic) bond motifs is 1. The summed E-state index contributed by atoms with van der Waals surface area (Å²) >= 11 is 0. The smallest absolute Gasteiger partial charge is 0.247 e. The number of nitrogens with zero attached hydrogens (tertiary/aromatic N) is 6. The van der Waals surface area contributed by atoms with Crippen LogP contribution < -0.4 is 5.32 Å². The van der Waals surface area contributed by atoms with Gasteiger partial charge in [0.05, 0.1) is 29.5 Å². The Morgan fingerprint density at radius 2 is 1.55 bits per heavy atom. The third-order valence-electron chi connectivity index (χ3n) is 7.80. The molecule has 0 aliphatic rings. The van der Waals surface area contributed by atoms with Gasteiger partial charge in [-0.1, -0.05) is 41.5 Å². The van der Waals surface area contributed by atoms with Gasteiger partial charge in [-0.2, -0.15) is 5.10 Å². The zero-order valence-electron chi connectivity index (χ0n) is 29.8. The summed E-state index contributed by atoms with van der Waals surface area (Å²) < 4.78 is 17.4. The highest BCUT2D eigenvalue weighted by molar-refractivity contribution is 6.48. The second-order valence-corrected chi connectivity index (χ2v) is 18.8. The highest BCUT2D eigenvalue weighted by Crippen LogP contribution is 2.43. The van der Waals surface area contributed by atoms with Crippen molar-refractivity contribution in [3.63, 3.8) is 0 Å². The molecule has 0 aromatic carbocycles. The number of aromatic nitrogens is 6. The summed E-state index contributed by atoms with van der Waals surface area (Å²) in [6, 6.07) is 4.86. The number of rotatable bonds is 12. The fourth-order valence-electron chi connectivity index (χ4n) is 5.82. The van der Waals surface area contributed by atoms with Gasteiger partial charge in [0.15, 0.2) is 5.78 Å². The van der Waals surface area contributed by atoms with E-state index in [1.807, 2.05) is 26.1 Å². The Labute approximate surface area is 282 Å². The van der Waals surface area contributed by atoms with Gasteiger partial charge in [-0.3, -0.25) is 14.3 Å². The van der Waals surface area contributed by atoms with Gasteiger partial charge in [0, 0.05) is 35.2 Å². The molecule has 0 bridgehead atoms. The summed E-state index contributed by atoms with van der Waals surface area (Å²) in [5.41, 5.74) is 2.68. The lowest BCUT2D eigenvalue weighted by Crippen LogP contribution is -2.51. The van der Waals surface area contributed by atoms with Gasteiger partial charge in [-0.25, -0.2) is 15.0 Å². The largest absolute Gasteiger partial charge is 0.412 e. The molecule has 0 aliphatic carbocycles. The molecule has 2 radical (unpaired) electrons. The molecule has 0 saturated carbocycles. The van der Waals surface area contributed by atoms with Crippen molar-refractivity contribution in [3.8, 4) is 0 Å². The van der Waals surface area contributed by atoms with E-state index < -0.39 is 18.1 Å². The van der Waals surface area contributed by atoms with Crippen molar-refractivity contribution in [2.24, 2.45) is 10.8 Å². The van der Waals surface area contributed by atoms with Gasteiger partial charge >= 0.3 is 0 Å². The van der Waals surface area contributed by atoms with E-state index in [0.717, 1.165) is 11.4 Å². The molecule has 1 N–H and O–H groups in total. The molecule has 2 unspecified atom stereocenters. The first-order chi connectivity index (χ1) is 21.9. The van der Waals surface area contributed by atoms with Crippen LogP contribution in [0.5, 0.6) is 0 Å². The number of anilines is 1. The molecule has 252 valence electrons. The van der Waals surface area contributed by atoms with E-state index in [0.29, 0.717) is 22.2 Å². The number of nitrogens with one attached hydrogen (secondary N) is 1. The molecule has 0 spiro atoms. The van der Waals surface area contributed by atoms with E-state index in [9.17, 15) is 9.59 Å². The summed E-state index contributed by atoms with van der Waals surface area (Å²) in [6.07, 6.45) is 6.12. The van der Waals surface area contributed by atoms with Crippen LogP contribution in [0, 0.1) is 24.7 Å². The van der Waals surface area contributed by atoms with Gasteiger partial charge in [0.1, 0.15) is 24.3 Å². The maximum atomic E-state index is 14.3. The van der Waals surface area contributed by atoms with Gasteiger partial charge < -0.3 is 18.7 Å².